The van der Waals surface area contributed by atoms with Crippen LogP contribution in [0.15, 0.2) is 23.1 Å². The summed E-state index contributed by atoms with van der Waals surface area (Å²) >= 11 is 13.3. The van der Waals surface area contributed by atoms with Gasteiger partial charge in [-0.2, -0.15) is 0 Å². The van der Waals surface area contributed by atoms with Crippen LogP contribution in [0.1, 0.15) is 13.3 Å². The van der Waals surface area contributed by atoms with Crippen LogP contribution >= 0.6 is 35.0 Å². The number of carbonyl (C=O) groups excluding carboxylic acids is 1. The van der Waals surface area contributed by atoms with Gasteiger partial charge in [0.1, 0.15) is 0 Å². The zero-order chi connectivity index (χ0) is 15.6. The van der Waals surface area contributed by atoms with Crippen LogP contribution in [0.25, 0.3) is 0 Å². The van der Waals surface area contributed by atoms with E-state index in [1.165, 1.54) is 11.8 Å². The van der Waals surface area contributed by atoms with Crippen molar-refractivity contribution >= 4 is 50.7 Å². The van der Waals surface area contributed by atoms with Gasteiger partial charge in [-0.15, -0.1) is 11.8 Å². The third kappa shape index (κ3) is 4.77. The van der Waals surface area contributed by atoms with E-state index in [0.29, 0.717) is 16.5 Å². The topological polar surface area (TPSA) is 63.2 Å². The highest BCUT2D eigenvalue weighted by Gasteiger charge is 2.30. The largest absolute Gasteiger partial charge is 0.351 e. The molecule has 8 heteroatoms. The van der Waals surface area contributed by atoms with Gasteiger partial charge in [0.2, 0.25) is 5.91 Å². The molecule has 1 aliphatic rings. The lowest BCUT2D eigenvalue weighted by atomic mass is 10.2. The number of nitrogens with one attached hydrogen (secondary N) is 1. The predicted molar refractivity (Wildman–Crippen MR) is 87.0 cm³/mol. The van der Waals surface area contributed by atoms with E-state index in [2.05, 4.69) is 5.32 Å². The second-order valence-electron chi connectivity index (χ2n) is 4.94. The monoisotopic (exact) mass is 367 g/mol. The zero-order valence-electron chi connectivity index (χ0n) is 11.3. The molecule has 1 fully saturated rings. The summed E-state index contributed by atoms with van der Waals surface area (Å²) in [5.74, 6) is -0.0358. The highest BCUT2D eigenvalue weighted by Crippen LogP contribution is 2.32. The summed E-state index contributed by atoms with van der Waals surface area (Å²) in [6.07, 6.45) is 0.476. The van der Waals surface area contributed by atoms with Crippen LogP contribution in [0.4, 0.5) is 0 Å². The standard InChI is InChI=1S/C13H15Cl2NO3S2/c1-8(20-12-6-9(14)2-3-11(12)15)13(17)16-10-4-5-21(18,19)7-10/h2-3,6,8,10H,4-5,7H2,1H3,(H,16,17)/t8-,10+/m0/s1. The Balaban J connectivity index is 1.95. The fraction of sp³-hybridized carbons (Fsp3) is 0.462. The number of carbonyl (C=O) groups is 1. The van der Waals surface area contributed by atoms with Gasteiger partial charge in [-0.1, -0.05) is 23.2 Å². The molecule has 4 nitrogen and oxygen atoms in total. The lowest BCUT2D eigenvalue weighted by Crippen LogP contribution is -2.39. The number of thioether (sulfide) groups is 1. The van der Waals surface area contributed by atoms with Gasteiger partial charge in [0.25, 0.3) is 0 Å². The van der Waals surface area contributed by atoms with Crippen LogP contribution in [0.3, 0.4) is 0 Å². The van der Waals surface area contributed by atoms with Crippen molar-refractivity contribution < 1.29 is 13.2 Å². The number of hydrogen-bond donors (Lipinski definition) is 1. The van der Waals surface area contributed by atoms with E-state index < -0.39 is 9.84 Å². The van der Waals surface area contributed by atoms with Crippen LogP contribution < -0.4 is 5.32 Å². The molecular weight excluding hydrogens is 353 g/mol. The molecule has 2 atom stereocenters. The van der Waals surface area contributed by atoms with Crippen molar-refractivity contribution in [2.45, 2.75) is 29.5 Å². The molecule has 1 amide bonds. The van der Waals surface area contributed by atoms with Crippen molar-refractivity contribution in [2.24, 2.45) is 0 Å². The van der Waals surface area contributed by atoms with Crippen molar-refractivity contribution in [3.8, 4) is 0 Å². The van der Waals surface area contributed by atoms with Gasteiger partial charge in [0.15, 0.2) is 9.84 Å². The Morgan fingerprint density at radius 1 is 1.43 bits per heavy atom. The number of benzene rings is 1. The summed E-state index contributed by atoms with van der Waals surface area (Å²) in [5, 5.41) is 3.48. The maximum absolute atomic E-state index is 12.1. The third-order valence-electron chi connectivity index (χ3n) is 3.15. The lowest BCUT2D eigenvalue weighted by molar-refractivity contribution is -0.120. The summed E-state index contributed by atoms with van der Waals surface area (Å²) in [7, 11) is -3.00. The van der Waals surface area contributed by atoms with Gasteiger partial charge in [0, 0.05) is 16.0 Å². The molecule has 2 rings (SSSR count). The van der Waals surface area contributed by atoms with Gasteiger partial charge < -0.3 is 5.32 Å². The molecule has 116 valence electrons. The van der Waals surface area contributed by atoms with Gasteiger partial charge in [-0.05, 0) is 31.5 Å². The first kappa shape index (κ1) is 16.9. The lowest BCUT2D eigenvalue weighted by Gasteiger charge is -2.16. The number of sulfone groups is 1. The zero-order valence-corrected chi connectivity index (χ0v) is 14.5. The molecule has 0 spiro atoms. The van der Waals surface area contributed by atoms with E-state index in [-0.39, 0.29) is 28.7 Å². The maximum Gasteiger partial charge on any atom is 0.233 e. The number of halogens is 2. The van der Waals surface area contributed by atoms with Crippen LogP contribution in [0.2, 0.25) is 10.0 Å². The SMILES string of the molecule is C[C@H](Sc1cc(Cl)ccc1Cl)C(=O)N[C@@H]1CCS(=O)(=O)C1. The Labute approximate surface area is 138 Å². The van der Waals surface area contributed by atoms with Crippen molar-refractivity contribution in [2.75, 3.05) is 11.5 Å². The van der Waals surface area contributed by atoms with Crippen molar-refractivity contribution in [1.29, 1.82) is 0 Å². The van der Waals surface area contributed by atoms with Gasteiger partial charge >= 0.3 is 0 Å². The second-order valence-corrected chi connectivity index (χ2v) is 9.40. The first-order valence-electron chi connectivity index (χ1n) is 6.39. The fourth-order valence-corrected chi connectivity index (χ4v) is 5.13. The first-order chi connectivity index (χ1) is 9.77. The Morgan fingerprint density at radius 3 is 2.76 bits per heavy atom. The molecule has 0 bridgehead atoms. The smallest absolute Gasteiger partial charge is 0.233 e. The maximum atomic E-state index is 12.1. The van der Waals surface area contributed by atoms with Crippen LogP contribution in [0.5, 0.6) is 0 Å². The third-order valence-corrected chi connectivity index (χ3v) is 6.75. The van der Waals surface area contributed by atoms with Crippen LogP contribution in [0, 0.1) is 0 Å². The molecule has 1 aliphatic heterocycles. The molecule has 1 aromatic carbocycles. The molecule has 1 heterocycles. The molecule has 0 aliphatic carbocycles. The highest BCUT2D eigenvalue weighted by molar-refractivity contribution is 8.00. The Bertz CT molecular complexity index is 649. The quantitative estimate of drug-likeness (QED) is 0.831. The molecule has 1 aromatic rings. The van der Waals surface area contributed by atoms with E-state index in [0.717, 1.165) is 4.90 Å². The Kier molecular flexibility index (Phi) is 5.46. The molecule has 0 aromatic heterocycles. The van der Waals surface area contributed by atoms with Crippen molar-refractivity contribution in [3.05, 3.63) is 28.2 Å². The molecule has 1 N–H and O–H groups in total. The van der Waals surface area contributed by atoms with E-state index in [4.69, 9.17) is 23.2 Å². The van der Waals surface area contributed by atoms with E-state index >= 15 is 0 Å². The summed E-state index contributed by atoms with van der Waals surface area (Å²) in [5.41, 5.74) is 0. The summed E-state index contributed by atoms with van der Waals surface area (Å²) in [6.45, 7) is 1.75. The number of amides is 1. The first-order valence-corrected chi connectivity index (χ1v) is 9.85. The molecule has 1 saturated heterocycles. The molecule has 0 saturated carbocycles. The van der Waals surface area contributed by atoms with E-state index in [1.807, 2.05) is 0 Å². The number of rotatable bonds is 4. The number of hydrogen-bond acceptors (Lipinski definition) is 4. The van der Waals surface area contributed by atoms with Crippen LogP contribution in [-0.4, -0.2) is 37.1 Å². The molecule has 21 heavy (non-hydrogen) atoms. The molecule has 0 unspecified atom stereocenters. The average Bonchev–Trinajstić information content (AvgIpc) is 2.73. The summed E-state index contributed by atoms with van der Waals surface area (Å²) in [4.78, 5) is 12.8. The van der Waals surface area contributed by atoms with Crippen molar-refractivity contribution in [1.82, 2.24) is 5.32 Å². The Morgan fingerprint density at radius 2 is 2.14 bits per heavy atom. The average molecular weight is 368 g/mol. The molecule has 0 radical (unpaired) electrons. The minimum atomic E-state index is -3.00. The van der Waals surface area contributed by atoms with Crippen molar-refractivity contribution in [3.63, 3.8) is 0 Å². The summed E-state index contributed by atoms with van der Waals surface area (Å²) in [6, 6.07) is 4.78. The minimum absolute atomic E-state index is 0.0219. The minimum Gasteiger partial charge on any atom is -0.351 e. The highest BCUT2D eigenvalue weighted by atomic mass is 35.5. The van der Waals surface area contributed by atoms with E-state index in [9.17, 15) is 13.2 Å². The molecular formula is C13H15Cl2NO3S2. The normalized spacial score (nSPS) is 22.0. The predicted octanol–water partition coefficient (Wildman–Crippen LogP) is 2.78. The van der Waals surface area contributed by atoms with E-state index in [1.54, 1.807) is 25.1 Å². The van der Waals surface area contributed by atoms with Gasteiger partial charge in [-0.3, -0.25) is 4.79 Å². The second kappa shape index (κ2) is 6.77. The van der Waals surface area contributed by atoms with Gasteiger partial charge in [-0.25, -0.2) is 8.42 Å². The van der Waals surface area contributed by atoms with Crippen LogP contribution in [-0.2, 0) is 14.6 Å². The Hall–Kier alpha value is -0.430. The fourth-order valence-electron chi connectivity index (χ4n) is 2.04. The van der Waals surface area contributed by atoms with Gasteiger partial charge in [0.05, 0.1) is 21.8 Å². The summed E-state index contributed by atoms with van der Waals surface area (Å²) < 4.78 is 22.8.